The Morgan fingerprint density at radius 3 is 1.90 bits per heavy atom. The predicted octanol–water partition coefficient (Wildman–Crippen LogP) is 9.37. The fourth-order valence-corrected chi connectivity index (χ4v) is 7.90. The summed E-state index contributed by atoms with van der Waals surface area (Å²) in [5, 5.41) is 13.4. The van der Waals surface area contributed by atoms with Gasteiger partial charge < -0.3 is 28.5 Å². The van der Waals surface area contributed by atoms with Crippen molar-refractivity contribution >= 4 is 22.9 Å². The van der Waals surface area contributed by atoms with Gasteiger partial charge in [-0.1, -0.05) is 115 Å². The molecule has 1 N–H and O–H groups in total. The fraction of sp³-hybridized carbons (Fsp3) is 0.279. The van der Waals surface area contributed by atoms with Gasteiger partial charge >= 0.3 is 0 Å². The number of nitrogens with zero attached hydrogens (tertiary/aromatic N) is 1. The second-order valence-electron chi connectivity index (χ2n) is 13.5. The van der Waals surface area contributed by atoms with E-state index in [0.29, 0.717) is 44.1 Å². The van der Waals surface area contributed by atoms with Gasteiger partial charge in [-0.05, 0) is 58.9 Å². The van der Waals surface area contributed by atoms with Crippen LogP contribution in [0.4, 0.5) is 0 Å². The highest BCUT2D eigenvalue weighted by Gasteiger charge is 2.60. The molecule has 266 valence electrons. The molecule has 1 saturated carbocycles. The molecule has 7 nitrogen and oxygen atoms in total. The summed E-state index contributed by atoms with van der Waals surface area (Å²) in [5.74, 6) is 0.784. The molecule has 4 aromatic carbocycles. The Labute approximate surface area is 312 Å². The Kier molecular flexibility index (Phi) is 10.7. The third-order valence-electron chi connectivity index (χ3n) is 9.74. The zero-order valence-corrected chi connectivity index (χ0v) is 30.1. The van der Waals surface area contributed by atoms with Crippen LogP contribution in [0.25, 0.3) is 10.6 Å². The van der Waals surface area contributed by atoms with Crippen molar-refractivity contribution in [3.05, 3.63) is 172 Å². The second-order valence-corrected chi connectivity index (χ2v) is 15.0. The van der Waals surface area contributed by atoms with E-state index in [0.717, 1.165) is 43.5 Å². The van der Waals surface area contributed by atoms with Gasteiger partial charge in [0.1, 0.15) is 36.3 Å². The van der Waals surface area contributed by atoms with E-state index >= 15 is 0 Å². The molecular weight excluding hydrogens is 694 g/mol. The zero-order valence-electron chi connectivity index (χ0n) is 28.6. The molecule has 1 aliphatic carbocycles. The molecule has 0 spiro atoms. The van der Waals surface area contributed by atoms with Crippen LogP contribution in [0.15, 0.2) is 138 Å². The van der Waals surface area contributed by atoms with Crippen LogP contribution in [-0.2, 0) is 45.2 Å². The van der Waals surface area contributed by atoms with Crippen molar-refractivity contribution in [3.8, 4) is 10.6 Å². The van der Waals surface area contributed by atoms with E-state index in [1.807, 2.05) is 121 Å². The van der Waals surface area contributed by atoms with E-state index in [1.54, 1.807) is 17.6 Å². The molecule has 2 fully saturated rings. The molecule has 9 heteroatoms. The molecule has 0 radical (unpaired) electrons. The van der Waals surface area contributed by atoms with Crippen LogP contribution in [0.1, 0.15) is 51.8 Å². The van der Waals surface area contributed by atoms with Crippen molar-refractivity contribution in [3.63, 3.8) is 0 Å². The lowest BCUT2D eigenvalue weighted by molar-refractivity contribution is -0.286. The number of aliphatic hydroxyl groups is 1. The van der Waals surface area contributed by atoms with Gasteiger partial charge in [-0.15, -0.1) is 11.3 Å². The minimum absolute atomic E-state index is 0.335. The lowest BCUT2D eigenvalue weighted by Crippen LogP contribution is -2.61. The summed E-state index contributed by atoms with van der Waals surface area (Å²) in [4.78, 5) is 5.63. The number of hydrogen-bond donors (Lipinski definition) is 1. The van der Waals surface area contributed by atoms with Crippen LogP contribution in [0, 0.1) is 0 Å². The number of halogens is 1. The minimum atomic E-state index is -1.04. The summed E-state index contributed by atoms with van der Waals surface area (Å²) >= 11 is 8.42. The number of aromatic nitrogens is 1. The highest BCUT2D eigenvalue weighted by Crippen LogP contribution is 2.49. The summed E-state index contributed by atoms with van der Waals surface area (Å²) in [5.41, 5.74) is 3.83. The fourth-order valence-electron chi connectivity index (χ4n) is 6.81. The molecule has 52 heavy (non-hydrogen) atoms. The minimum Gasteiger partial charge on any atom is -0.463 e. The third-order valence-corrected chi connectivity index (χ3v) is 11.1. The molecule has 2 aliphatic rings. The lowest BCUT2D eigenvalue weighted by Gasteiger charge is -2.48. The molecule has 3 heterocycles. The van der Waals surface area contributed by atoms with E-state index in [4.69, 9.17) is 35.0 Å². The van der Waals surface area contributed by atoms with Gasteiger partial charge in [0.25, 0.3) is 0 Å². The number of ether oxygens (including phenoxy) is 4. The molecule has 0 bridgehead atoms. The van der Waals surface area contributed by atoms with Crippen molar-refractivity contribution in [1.82, 2.24) is 4.98 Å². The average molecular weight is 734 g/mol. The van der Waals surface area contributed by atoms with Gasteiger partial charge in [0.2, 0.25) is 0 Å². The SMILES string of the molecule is OC1([C@H]2O[C@@H](c3ccc(Cl)c(Cc4ncc(-c5ccco5)s4)c3)[C@H](OCc3ccccc3)[C@H](OCc3ccccc3)[C@H]2OCc2ccccc2)CC1. The standard InChI is InChI=1S/C43H40ClNO6S/c44-34-19-18-32(23-33(34)24-37-45-25-36(52-37)35-17-10-22-47-35)38-39(48-26-29-11-4-1-5-12-29)40(49-27-30-13-6-2-7-14-30)41(42(51-38)43(46)20-21-43)50-28-31-15-8-3-9-16-31/h1-19,22-23,25,38-42,46H,20-21,24,26-28H2/t38-,39-,40-,41+,42-/m0/s1. The molecule has 8 rings (SSSR count). The monoisotopic (exact) mass is 733 g/mol. The number of thiazole rings is 1. The van der Waals surface area contributed by atoms with Gasteiger partial charge in [0.05, 0.1) is 41.6 Å². The van der Waals surface area contributed by atoms with Crippen LogP contribution in [0.2, 0.25) is 5.02 Å². The highest BCUT2D eigenvalue weighted by molar-refractivity contribution is 7.15. The van der Waals surface area contributed by atoms with Crippen LogP contribution >= 0.6 is 22.9 Å². The number of benzene rings is 4. The van der Waals surface area contributed by atoms with E-state index in [2.05, 4.69) is 11.1 Å². The van der Waals surface area contributed by atoms with Crippen LogP contribution in [-0.4, -0.2) is 40.1 Å². The first kappa shape index (κ1) is 34.9. The molecule has 1 aliphatic heterocycles. The Balaban J connectivity index is 1.16. The number of furan rings is 1. The third kappa shape index (κ3) is 8.09. The first-order valence-electron chi connectivity index (χ1n) is 17.6. The maximum atomic E-state index is 11.8. The Bertz CT molecular complexity index is 2020. The summed E-state index contributed by atoms with van der Waals surface area (Å²) in [6.07, 6.45) is 2.20. The molecule has 6 aromatic rings. The van der Waals surface area contributed by atoms with E-state index < -0.39 is 36.1 Å². The highest BCUT2D eigenvalue weighted by atomic mass is 35.5. The van der Waals surface area contributed by atoms with Crippen molar-refractivity contribution in [2.75, 3.05) is 0 Å². The van der Waals surface area contributed by atoms with Crippen LogP contribution < -0.4 is 0 Å². The summed E-state index contributed by atoms with van der Waals surface area (Å²) < 4.78 is 33.1. The Morgan fingerprint density at radius 1 is 0.731 bits per heavy atom. The van der Waals surface area contributed by atoms with Gasteiger partial charge in [-0.25, -0.2) is 4.98 Å². The molecule has 1 saturated heterocycles. The number of rotatable bonds is 14. The maximum absolute atomic E-state index is 11.8. The first-order chi connectivity index (χ1) is 25.5. The predicted molar refractivity (Wildman–Crippen MR) is 201 cm³/mol. The molecule has 0 unspecified atom stereocenters. The zero-order chi connectivity index (χ0) is 35.3. The smallest absolute Gasteiger partial charge is 0.145 e. The lowest BCUT2D eigenvalue weighted by atomic mass is 9.87. The maximum Gasteiger partial charge on any atom is 0.145 e. The van der Waals surface area contributed by atoms with Gasteiger partial charge in [0.15, 0.2) is 0 Å². The van der Waals surface area contributed by atoms with Gasteiger partial charge in [0, 0.05) is 17.6 Å². The average Bonchev–Trinajstić information content (AvgIpc) is 3.51. The molecule has 5 atom stereocenters. The Morgan fingerprint density at radius 2 is 1.33 bits per heavy atom. The van der Waals surface area contributed by atoms with E-state index in [1.165, 1.54) is 0 Å². The van der Waals surface area contributed by atoms with Crippen molar-refractivity contribution in [2.24, 2.45) is 0 Å². The quantitative estimate of drug-likeness (QED) is 0.119. The van der Waals surface area contributed by atoms with E-state index in [-0.39, 0.29) is 0 Å². The van der Waals surface area contributed by atoms with Crippen molar-refractivity contribution in [1.29, 1.82) is 0 Å². The summed E-state index contributed by atoms with van der Waals surface area (Å²) in [6.45, 7) is 1.02. The first-order valence-corrected chi connectivity index (χ1v) is 18.8. The molecular formula is C43H40ClNO6S. The second kappa shape index (κ2) is 15.9. The van der Waals surface area contributed by atoms with Crippen LogP contribution in [0.5, 0.6) is 0 Å². The topological polar surface area (TPSA) is 83.2 Å². The van der Waals surface area contributed by atoms with E-state index in [9.17, 15) is 5.11 Å². The Hall–Kier alpha value is -4.12. The number of hydrogen-bond acceptors (Lipinski definition) is 8. The molecule has 2 aromatic heterocycles. The summed E-state index contributed by atoms with van der Waals surface area (Å²) in [6, 6.07) is 40.0. The molecule has 0 amide bonds. The van der Waals surface area contributed by atoms with Crippen molar-refractivity contribution < 1.29 is 28.5 Å². The van der Waals surface area contributed by atoms with Crippen molar-refractivity contribution in [2.45, 2.75) is 75.2 Å². The summed E-state index contributed by atoms with van der Waals surface area (Å²) in [7, 11) is 0. The van der Waals surface area contributed by atoms with Gasteiger partial charge in [-0.2, -0.15) is 0 Å². The normalized spacial score (nSPS) is 22.3. The largest absolute Gasteiger partial charge is 0.463 e. The van der Waals surface area contributed by atoms with Gasteiger partial charge in [-0.3, -0.25) is 0 Å². The van der Waals surface area contributed by atoms with Crippen LogP contribution in [0.3, 0.4) is 0 Å².